The Kier molecular flexibility index (Phi) is 9.21. The van der Waals surface area contributed by atoms with E-state index in [1.807, 2.05) is 25.1 Å². The van der Waals surface area contributed by atoms with Gasteiger partial charge in [0.15, 0.2) is 0 Å². The third-order valence-electron chi connectivity index (χ3n) is 8.08. The van der Waals surface area contributed by atoms with Crippen LogP contribution in [-0.2, 0) is 25.4 Å². The van der Waals surface area contributed by atoms with Crippen LogP contribution in [0.25, 0.3) is 22.3 Å². The van der Waals surface area contributed by atoms with Crippen LogP contribution in [-0.4, -0.2) is 40.6 Å². The Morgan fingerprint density at radius 3 is 2.51 bits per heavy atom. The van der Waals surface area contributed by atoms with Gasteiger partial charge in [-0.25, -0.2) is 9.18 Å². The van der Waals surface area contributed by atoms with Crippen LogP contribution < -0.4 is 31.9 Å². The Bertz CT molecular complexity index is 1930. The number of hydrogen-bond donors (Lipinski definition) is 3. The van der Waals surface area contributed by atoms with Gasteiger partial charge in [-0.15, -0.1) is 0 Å². The van der Waals surface area contributed by atoms with Crippen molar-refractivity contribution in [1.29, 1.82) is 0 Å². The van der Waals surface area contributed by atoms with Gasteiger partial charge < -0.3 is 25.3 Å². The van der Waals surface area contributed by atoms with Crippen LogP contribution >= 0.6 is 11.6 Å². The lowest BCUT2D eigenvalue weighted by atomic mass is 9.91. The molecule has 5 rings (SSSR count). The van der Waals surface area contributed by atoms with E-state index in [1.54, 1.807) is 24.3 Å². The number of aromatic nitrogens is 2. The molecular formula is C33H33ClFN5O5. The van der Waals surface area contributed by atoms with Gasteiger partial charge in [-0.1, -0.05) is 41.9 Å². The smallest absolute Gasteiger partial charge is 0.330 e. The van der Waals surface area contributed by atoms with Crippen LogP contribution in [0, 0.1) is 12.7 Å². The predicted octanol–water partition coefficient (Wildman–Crippen LogP) is 4.15. The highest BCUT2D eigenvalue weighted by molar-refractivity contribution is 6.36. The maximum atomic E-state index is 15.5. The highest BCUT2D eigenvalue weighted by atomic mass is 35.5. The summed E-state index contributed by atoms with van der Waals surface area (Å²) in [7, 11) is 4.25. The van der Waals surface area contributed by atoms with Crippen molar-refractivity contribution < 1.29 is 18.7 Å². The molecule has 3 aromatic carbocycles. The van der Waals surface area contributed by atoms with E-state index < -0.39 is 23.0 Å². The first kappa shape index (κ1) is 31.7. The summed E-state index contributed by atoms with van der Waals surface area (Å²) in [6, 6.07) is 14.1. The molecule has 1 aromatic heterocycles. The molecule has 1 aliphatic heterocycles. The molecule has 0 radical (unpaired) electrons. The number of nitrogens with one attached hydrogen (secondary N) is 3. The number of carbonyl (C=O) groups excluding carboxylic acids is 2. The van der Waals surface area contributed by atoms with Crippen LogP contribution in [0.3, 0.4) is 0 Å². The van der Waals surface area contributed by atoms with Crippen LogP contribution in [0.15, 0.2) is 64.3 Å². The number of rotatable bonds is 8. The molecule has 0 saturated carbocycles. The van der Waals surface area contributed by atoms with Crippen molar-refractivity contribution in [3.05, 3.63) is 103 Å². The summed E-state index contributed by atoms with van der Waals surface area (Å²) in [5.74, 6) is -0.714. The summed E-state index contributed by atoms with van der Waals surface area (Å²) in [5.41, 5.74) is 2.77. The summed E-state index contributed by atoms with van der Waals surface area (Å²) < 4.78 is 23.1. The molecule has 4 aromatic rings. The minimum atomic E-state index is -0.724. The van der Waals surface area contributed by atoms with Crippen molar-refractivity contribution in [2.75, 3.05) is 19.0 Å². The van der Waals surface area contributed by atoms with Gasteiger partial charge in [-0.3, -0.25) is 19.0 Å². The van der Waals surface area contributed by atoms with Gasteiger partial charge in [0.1, 0.15) is 17.1 Å². The van der Waals surface area contributed by atoms with Crippen LogP contribution in [0.5, 0.6) is 5.75 Å². The largest absolute Gasteiger partial charge is 0.496 e. The first-order valence-electron chi connectivity index (χ1n) is 14.3. The van der Waals surface area contributed by atoms with Gasteiger partial charge >= 0.3 is 5.69 Å². The molecule has 10 nitrogen and oxygen atoms in total. The van der Waals surface area contributed by atoms with Gasteiger partial charge in [0.05, 0.1) is 17.8 Å². The third kappa shape index (κ3) is 6.40. The fraction of sp³-hybridized carbons (Fsp3) is 0.273. The number of carbonyl (C=O) groups is 2. The summed E-state index contributed by atoms with van der Waals surface area (Å²) in [6.07, 6.45) is 2.30. The molecule has 12 heteroatoms. The lowest BCUT2D eigenvalue weighted by Crippen LogP contribution is -2.45. The first-order valence-corrected chi connectivity index (χ1v) is 14.7. The minimum Gasteiger partial charge on any atom is -0.496 e. The van der Waals surface area contributed by atoms with Crippen molar-refractivity contribution >= 4 is 29.1 Å². The van der Waals surface area contributed by atoms with E-state index in [-0.39, 0.29) is 34.8 Å². The summed E-state index contributed by atoms with van der Waals surface area (Å²) in [4.78, 5) is 49.1. The fourth-order valence-electron chi connectivity index (χ4n) is 5.50. The molecule has 2 amide bonds. The summed E-state index contributed by atoms with van der Waals surface area (Å²) >= 11 is 6.81. The van der Waals surface area contributed by atoms with Gasteiger partial charge in [-0.05, 0) is 53.8 Å². The molecule has 0 bridgehead atoms. The maximum absolute atomic E-state index is 15.5. The number of amides is 2. The Morgan fingerprint density at radius 1 is 1.09 bits per heavy atom. The van der Waals surface area contributed by atoms with E-state index >= 15 is 4.39 Å². The van der Waals surface area contributed by atoms with Crippen molar-refractivity contribution in [3.63, 3.8) is 0 Å². The molecule has 0 unspecified atom stereocenters. The second-order valence-electron chi connectivity index (χ2n) is 11.0. The van der Waals surface area contributed by atoms with E-state index in [4.69, 9.17) is 16.3 Å². The Balaban J connectivity index is 1.44. The van der Waals surface area contributed by atoms with Gasteiger partial charge in [-0.2, -0.15) is 0 Å². The molecule has 0 spiro atoms. The SMILES string of the molecule is COc1cc(-c2cccc(-c3cccc(NC(=O)c4cn(C)c(=O)n(C)c4=O)c3Cl)c2C)cc(F)c1CN[C@H]1CCC(=O)NC1. The third-order valence-corrected chi connectivity index (χ3v) is 8.49. The van der Waals surface area contributed by atoms with Crippen molar-refractivity contribution in [2.45, 2.75) is 32.4 Å². The van der Waals surface area contributed by atoms with Gasteiger partial charge in [0, 0.05) is 57.0 Å². The van der Waals surface area contributed by atoms with Crippen molar-refractivity contribution in [3.8, 4) is 28.0 Å². The average molecular weight is 634 g/mol. The topological polar surface area (TPSA) is 123 Å². The van der Waals surface area contributed by atoms with E-state index in [2.05, 4.69) is 16.0 Å². The van der Waals surface area contributed by atoms with E-state index in [0.717, 1.165) is 25.8 Å². The summed E-state index contributed by atoms with van der Waals surface area (Å²) in [5, 5.41) is 9.07. The molecule has 1 fully saturated rings. The van der Waals surface area contributed by atoms with Crippen molar-refractivity contribution in [2.24, 2.45) is 14.1 Å². The molecule has 1 atom stereocenters. The quantitative estimate of drug-likeness (QED) is 0.268. The number of nitrogens with zero attached hydrogens (tertiary/aromatic N) is 2. The zero-order valence-electron chi connectivity index (χ0n) is 25.3. The molecule has 3 N–H and O–H groups in total. The molecule has 0 aliphatic carbocycles. The number of benzene rings is 3. The molecule has 1 saturated heterocycles. The Labute approximate surface area is 263 Å². The van der Waals surface area contributed by atoms with Gasteiger partial charge in [0.25, 0.3) is 11.5 Å². The predicted molar refractivity (Wildman–Crippen MR) is 171 cm³/mol. The second kappa shape index (κ2) is 13.1. The lowest BCUT2D eigenvalue weighted by Gasteiger charge is -2.24. The number of anilines is 1. The first-order chi connectivity index (χ1) is 21.5. The molecule has 45 heavy (non-hydrogen) atoms. The fourth-order valence-corrected chi connectivity index (χ4v) is 5.78. The number of piperidine rings is 1. The van der Waals surface area contributed by atoms with Crippen LogP contribution in [0.4, 0.5) is 10.1 Å². The zero-order chi connectivity index (χ0) is 32.4. The highest BCUT2D eigenvalue weighted by Gasteiger charge is 2.21. The molecule has 1 aliphatic rings. The second-order valence-corrected chi connectivity index (χ2v) is 11.3. The molecular weight excluding hydrogens is 601 g/mol. The monoisotopic (exact) mass is 633 g/mol. The van der Waals surface area contributed by atoms with Gasteiger partial charge in [0.2, 0.25) is 5.91 Å². The van der Waals surface area contributed by atoms with E-state index in [1.165, 1.54) is 33.5 Å². The maximum Gasteiger partial charge on any atom is 0.330 e. The summed E-state index contributed by atoms with van der Waals surface area (Å²) in [6.45, 7) is 2.64. The number of methoxy groups -OCH3 is 1. The standard InChI is InChI=1S/C33H33ClFN5O5/c1-18-21(19-13-26(35)24(28(14-19)45-4)16-36-20-11-12-29(41)37-15-20)7-5-8-22(18)23-9-6-10-27(30(23)34)38-31(42)25-17-39(2)33(44)40(3)32(25)43/h5-10,13-14,17,20,36H,11-12,15-16H2,1-4H3,(H,37,41)(H,38,42)/t20-/m0/s1. The number of halogens is 2. The highest BCUT2D eigenvalue weighted by Crippen LogP contribution is 2.39. The van der Waals surface area contributed by atoms with E-state index in [9.17, 15) is 19.2 Å². The minimum absolute atomic E-state index is 0.0184. The number of aryl methyl sites for hydroxylation is 1. The molecule has 2 heterocycles. The van der Waals surface area contributed by atoms with Crippen LogP contribution in [0.2, 0.25) is 5.02 Å². The lowest BCUT2D eigenvalue weighted by molar-refractivity contribution is -0.122. The Morgan fingerprint density at radius 2 is 1.80 bits per heavy atom. The van der Waals surface area contributed by atoms with E-state index in [0.29, 0.717) is 41.8 Å². The normalized spacial score (nSPS) is 14.6. The van der Waals surface area contributed by atoms with Crippen LogP contribution in [0.1, 0.15) is 34.3 Å². The number of hydrogen-bond acceptors (Lipinski definition) is 6. The van der Waals surface area contributed by atoms with Crippen molar-refractivity contribution in [1.82, 2.24) is 19.8 Å². The number of ether oxygens (including phenoxy) is 1. The zero-order valence-corrected chi connectivity index (χ0v) is 26.0. The average Bonchev–Trinajstić information content (AvgIpc) is 3.03. The Hall–Kier alpha value is -4.74. The molecule has 234 valence electrons.